The Kier molecular flexibility index (Phi) is 3.90. The average Bonchev–Trinajstić information content (AvgIpc) is 3.36. The maximum absolute atomic E-state index is 6.18. The van der Waals surface area contributed by atoms with Gasteiger partial charge in [0.25, 0.3) is 0 Å². The first-order valence-electron chi connectivity index (χ1n) is 9.08. The first-order chi connectivity index (χ1) is 13.7. The van der Waals surface area contributed by atoms with Gasteiger partial charge in [-0.1, -0.05) is 12.1 Å². The molecule has 0 aliphatic heterocycles. The van der Waals surface area contributed by atoms with Crippen molar-refractivity contribution in [2.45, 2.75) is 13.0 Å². The molecule has 2 aromatic carbocycles. The minimum absolute atomic E-state index is 0.489. The molecule has 3 heterocycles. The number of nitrogen functional groups attached to an aromatic ring is 1. The Bertz CT molecular complexity index is 1270. The number of aromatic nitrogens is 5. The van der Waals surface area contributed by atoms with Gasteiger partial charge in [-0.25, -0.2) is 9.97 Å². The molecule has 0 saturated carbocycles. The third-order valence-corrected chi connectivity index (χ3v) is 4.85. The molecule has 138 valence electrons. The molecule has 7 nitrogen and oxygen atoms in total. The highest BCUT2D eigenvalue weighted by atomic mass is 15.1. The number of fused-ring (bicyclic) bond motifs is 2. The van der Waals surface area contributed by atoms with Crippen molar-refractivity contribution in [2.24, 2.45) is 0 Å². The predicted molar refractivity (Wildman–Crippen MR) is 111 cm³/mol. The van der Waals surface area contributed by atoms with E-state index in [0.717, 1.165) is 33.2 Å². The van der Waals surface area contributed by atoms with Crippen LogP contribution in [0.3, 0.4) is 0 Å². The standard InChI is InChI=1S/C21H19N7/c22-20-16(7-13-1-4-18-19(9-13)27-12-26-18)11-25-21(28-20)24-10-14-2-3-17-15(8-14)5-6-23-17/h1-6,8-9,11-12,23H,7,10H2,(H,26,27)(H3,22,24,25,28). The van der Waals surface area contributed by atoms with E-state index in [-0.39, 0.29) is 0 Å². The molecule has 0 radical (unpaired) electrons. The Morgan fingerprint density at radius 2 is 1.86 bits per heavy atom. The lowest BCUT2D eigenvalue weighted by molar-refractivity contribution is 1.03. The zero-order valence-corrected chi connectivity index (χ0v) is 15.1. The monoisotopic (exact) mass is 369 g/mol. The lowest BCUT2D eigenvalue weighted by Gasteiger charge is -2.09. The summed E-state index contributed by atoms with van der Waals surface area (Å²) in [5.41, 5.74) is 12.5. The molecule has 0 unspecified atom stereocenters. The van der Waals surface area contributed by atoms with Gasteiger partial charge in [-0.3, -0.25) is 0 Å². The lowest BCUT2D eigenvalue weighted by Crippen LogP contribution is -2.07. The molecular weight excluding hydrogens is 350 g/mol. The Balaban J connectivity index is 1.29. The van der Waals surface area contributed by atoms with Gasteiger partial charge in [0.2, 0.25) is 5.95 Å². The molecule has 3 aromatic heterocycles. The molecule has 0 atom stereocenters. The molecule has 5 N–H and O–H groups in total. The van der Waals surface area contributed by atoms with Crippen LogP contribution in [0.2, 0.25) is 0 Å². The largest absolute Gasteiger partial charge is 0.383 e. The SMILES string of the molecule is Nc1nc(NCc2ccc3[nH]ccc3c2)ncc1Cc1ccc2nc[nH]c2c1. The van der Waals surface area contributed by atoms with Crippen LogP contribution in [-0.4, -0.2) is 24.9 Å². The summed E-state index contributed by atoms with van der Waals surface area (Å²) < 4.78 is 0. The van der Waals surface area contributed by atoms with E-state index >= 15 is 0 Å². The summed E-state index contributed by atoms with van der Waals surface area (Å²) in [7, 11) is 0. The minimum Gasteiger partial charge on any atom is -0.383 e. The van der Waals surface area contributed by atoms with Crippen molar-refractivity contribution < 1.29 is 0 Å². The third kappa shape index (κ3) is 3.14. The van der Waals surface area contributed by atoms with Crippen molar-refractivity contribution in [3.8, 4) is 0 Å². The van der Waals surface area contributed by atoms with E-state index in [9.17, 15) is 0 Å². The summed E-state index contributed by atoms with van der Waals surface area (Å²) in [6.45, 7) is 0.635. The molecule has 7 heteroatoms. The van der Waals surface area contributed by atoms with Crippen LogP contribution >= 0.6 is 0 Å². The molecule has 0 bridgehead atoms. The van der Waals surface area contributed by atoms with E-state index in [1.807, 2.05) is 18.3 Å². The van der Waals surface area contributed by atoms with Gasteiger partial charge in [0.1, 0.15) is 5.82 Å². The average molecular weight is 369 g/mol. The second-order valence-corrected chi connectivity index (χ2v) is 6.79. The summed E-state index contributed by atoms with van der Waals surface area (Å²) in [6, 6.07) is 14.5. The smallest absolute Gasteiger partial charge is 0.224 e. The summed E-state index contributed by atoms with van der Waals surface area (Å²) in [5, 5.41) is 4.43. The molecule has 0 saturated heterocycles. The number of hydrogen-bond acceptors (Lipinski definition) is 5. The number of hydrogen-bond donors (Lipinski definition) is 4. The van der Waals surface area contributed by atoms with Crippen LogP contribution < -0.4 is 11.1 Å². The van der Waals surface area contributed by atoms with Crippen LogP contribution in [0.15, 0.2) is 61.2 Å². The van der Waals surface area contributed by atoms with Gasteiger partial charge in [0.05, 0.1) is 17.4 Å². The minimum atomic E-state index is 0.489. The molecular formula is C21H19N7. The molecule has 0 amide bonds. The lowest BCUT2D eigenvalue weighted by atomic mass is 10.1. The van der Waals surface area contributed by atoms with Crippen molar-refractivity contribution in [3.05, 3.63) is 77.9 Å². The van der Waals surface area contributed by atoms with E-state index in [1.165, 1.54) is 5.39 Å². The van der Waals surface area contributed by atoms with Crippen LogP contribution in [0, 0.1) is 0 Å². The first-order valence-corrected chi connectivity index (χ1v) is 9.08. The molecule has 0 fully saturated rings. The van der Waals surface area contributed by atoms with Crippen LogP contribution in [0.1, 0.15) is 16.7 Å². The quantitative estimate of drug-likeness (QED) is 0.378. The molecule has 0 spiro atoms. The van der Waals surface area contributed by atoms with Crippen molar-refractivity contribution in [3.63, 3.8) is 0 Å². The maximum atomic E-state index is 6.18. The highest BCUT2D eigenvalue weighted by Crippen LogP contribution is 2.19. The number of anilines is 2. The highest BCUT2D eigenvalue weighted by molar-refractivity contribution is 5.80. The Hall–Kier alpha value is -3.87. The van der Waals surface area contributed by atoms with Gasteiger partial charge >= 0.3 is 0 Å². The zero-order valence-electron chi connectivity index (χ0n) is 15.1. The number of aromatic amines is 2. The number of imidazole rings is 1. The van der Waals surface area contributed by atoms with Crippen LogP contribution in [0.5, 0.6) is 0 Å². The van der Waals surface area contributed by atoms with Gasteiger partial charge in [0, 0.05) is 36.4 Å². The van der Waals surface area contributed by atoms with Crippen LogP contribution in [0.4, 0.5) is 11.8 Å². The third-order valence-electron chi connectivity index (χ3n) is 4.85. The van der Waals surface area contributed by atoms with Crippen molar-refractivity contribution in [1.29, 1.82) is 0 Å². The Morgan fingerprint density at radius 1 is 0.929 bits per heavy atom. The van der Waals surface area contributed by atoms with Crippen LogP contribution in [-0.2, 0) is 13.0 Å². The second-order valence-electron chi connectivity index (χ2n) is 6.79. The number of rotatable bonds is 5. The summed E-state index contributed by atoms with van der Waals surface area (Å²) in [5.74, 6) is 1.02. The number of nitrogens with one attached hydrogen (secondary N) is 3. The first kappa shape index (κ1) is 16.3. The molecule has 0 aliphatic carbocycles. The molecule has 5 rings (SSSR count). The number of nitrogens with two attached hydrogens (primary N) is 1. The van der Waals surface area contributed by atoms with E-state index in [1.54, 1.807) is 12.5 Å². The zero-order chi connectivity index (χ0) is 18.9. The highest BCUT2D eigenvalue weighted by Gasteiger charge is 2.07. The molecule has 0 aliphatic rings. The number of nitrogens with zero attached hydrogens (tertiary/aromatic N) is 3. The number of benzene rings is 2. The molecule has 28 heavy (non-hydrogen) atoms. The number of H-pyrrole nitrogens is 2. The topological polar surface area (TPSA) is 108 Å². The maximum Gasteiger partial charge on any atom is 0.224 e. The van der Waals surface area contributed by atoms with Gasteiger partial charge in [-0.05, 0) is 46.8 Å². The van der Waals surface area contributed by atoms with E-state index in [0.29, 0.717) is 24.7 Å². The predicted octanol–water partition coefficient (Wildman–Crippen LogP) is 3.62. The van der Waals surface area contributed by atoms with Gasteiger partial charge in [0.15, 0.2) is 0 Å². The normalized spacial score (nSPS) is 11.3. The van der Waals surface area contributed by atoms with E-state index < -0.39 is 0 Å². The fraction of sp³-hybridized carbons (Fsp3) is 0.0952. The van der Waals surface area contributed by atoms with Gasteiger partial charge < -0.3 is 21.0 Å². The van der Waals surface area contributed by atoms with Gasteiger partial charge in [-0.2, -0.15) is 4.98 Å². The van der Waals surface area contributed by atoms with E-state index in [2.05, 4.69) is 60.6 Å². The van der Waals surface area contributed by atoms with Crippen molar-refractivity contribution >= 4 is 33.7 Å². The second kappa shape index (κ2) is 6.70. The summed E-state index contributed by atoms with van der Waals surface area (Å²) >= 11 is 0. The molecule has 5 aromatic rings. The Morgan fingerprint density at radius 3 is 2.79 bits per heavy atom. The fourth-order valence-electron chi connectivity index (χ4n) is 3.35. The Labute approximate surface area is 161 Å². The fourth-order valence-corrected chi connectivity index (χ4v) is 3.35. The van der Waals surface area contributed by atoms with E-state index in [4.69, 9.17) is 5.73 Å². The van der Waals surface area contributed by atoms with Crippen molar-refractivity contribution in [1.82, 2.24) is 24.9 Å². The summed E-state index contributed by atoms with van der Waals surface area (Å²) in [6.07, 6.45) is 6.09. The van der Waals surface area contributed by atoms with Crippen molar-refractivity contribution in [2.75, 3.05) is 11.1 Å². The summed E-state index contributed by atoms with van der Waals surface area (Å²) in [4.78, 5) is 19.4. The van der Waals surface area contributed by atoms with Crippen LogP contribution in [0.25, 0.3) is 21.9 Å². The van der Waals surface area contributed by atoms with Gasteiger partial charge in [-0.15, -0.1) is 0 Å².